The summed E-state index contributed by atoms with van der Waals surface area (Å²) in [6.07, 6.45) is 2.47. The zero-order valence-corrected chi connectivity index (χ0v) is 14.0. The van der Waals surface area contributed by atoms with Gasteiger partial charge in [-0.2, -0.15) is 5.26 Å². The quantitative estimate of drug-likeness (QED) is 0.438. The van der Waals surface area contributed by atoms with Crippen LogP contribution in [0.2, 0.25) is 0 Å². The van der Waals surface area contributed by atoms with Crippen LogP contribution >= 0.6 is 11.8 Å². The van der Waals surface area contributed by atoms with E-state index in [0.29, 0.717) is 5.16 Å². The molecule has 6 heteroatoms. The summed E-state index contributed by atoms with van der Waals surface area (Å²) in [5.41, 5.74) is 0.149. The largest absolute Gasteiger partial charge is 0.301 e. The van der Waals surface area contributed by atoms with E-state index in [1.54, 1.807) is 0 Å². The highest BCUT2D eigenvalue weighted by molar-refractivity contribution is 7.99. The Hall–Kier alpha value is -1.32. The van der Waals surface area contributed by atoms with Crippen molar-refractivity contribution < 1.29 is 0 Å². The number of nitrogens with zero attached hydrogens (tertiary/aromatic N) is 2. The third kappa shape index (κ3) is 5.90. The molecule has 1 unspecified atom stereocenters. The van der Waals surface area contributed by atoms with Gasteiger partial charge in [-0.05, 0) is 40.0 Å². The second-order valence-corrected chi connectivity index (χ2v) is 6.57. The minimum absolute atomic E-state index is 0.119. The number of nitrogens with one attached hydrogen (secondary N) is 2. The van der Waals surface area contributed by atoms with E-state index in [1.807, 2.05) is 13.8 Å². The summed E-state index contributed by atoms with van der Waals surface area (Å²) < 4.78 is 0. The van der Waals surface area contributed by atoms with Gasteiger partial charge < -0.3 is 4.98 Å². The molecule has 21 heavy (non-hydrogen) atoms. The van der Waals surface area contributed by atoms with Crippen LogP contribution in [0, 0.1) is 18.3 Å². The highest BCUT2D eigenvalue weighted by atomic mass is 32.2. The van der Waals surface area contributed by atoms with Crippen LogP contribution in [0.5, 0.6) is 0 Å². The van der Waals surface area contributed by atoms with E-state index >= 15 is 0 Å². The smallest absolute Gasteiger partial charge is 0.251 e. The van der Waals surface area contributed by atoms with Gasteiger partial charge in [0.1, 0.15) is 5.54 Å². The third-order valence-electron chi connectivity index (χ3n) is 3.22. The lowest BCUT2D eigenvalue weighted by molar-refractivity contribution is 0.341. The number of nitriles is 1. The molecular formula is C15H24N4OS. The zero-order chi connectivity index (χ0) is 15.9. The maximum absolute atomic E-state index is 11.4. The maximum atomic E-state index is 11.4. The van der Waals surface area contributed by atoms with Crippen molar-refractivity contribution in [2.45, 2.75) is 63.7 Å². The molecule has 0 bridgehead atoms. The molecule has 1 aromatic heterocycles. The van der Waals surface area contributed by atoms with Crippen LogP contribution in [0.15, 0.2) is 16.0 Å². The van der Waals surface area contributed by atoms with Crippen molar-refractivity contribution in [1.82, 2.24) is 15.3 Å². The Morgan fingerprint density at radius 1 is 1.57 bits per heavy atom. The predicted octanol–water partition coefficient (Wildman–Crippen LogP) is 2.62. The van der Waals surface area contributed by atoms with Crippen molar-refractivity contribution in [1.29, 1.82) is 5.26 Å². The number of aryl methyl sites for hydroxylation is 1. The Morgan fingerprint density at radius 3 is 2.81 bits per heavy atom. The molecule has 1 heterocycles. The Bertz CT molecular complexity index is 549. The number of hydrogen-bond donors (Lipinski definition) is 2. The fourth-order valence-corrected chi connectivity index (χ4v) is 3.10. The minimum Gasteiger partial charge on any atom is -0.301 e. The van der Waals surface area contributed by atoms with Crippen molar-refractivity contribution >= 4 is 11.8 Å². The summed E-state index contributed by atoms with van der Waals surface area (Å²) in [6.45, 7) is 7.95. The lowest BCUT2D eigenvalue weighted by Crippen LogP contribution is -2.47. The van der Waals surface area contributed by atoms with E-state index < -0.39 is 5.54 Å². The van der Waals surface area contributed by atoms with Gasteiger partial charge in [0.15, 0.2) is 5.16 Å². The molecule has 2 N–H and O–H groups in total. The van der Waals surface area contributed by atoms with E-state index in [-0.39, 0.29) is 11.6 Å². The first-order valence-corrected chi connectivity index (χ1v) is 8.29. The van der Waals surface area contributed by atoms with Crippen LogP contribution in [0.1, 0.15) is 45.7 Å². The SMILES string of the molecule is CCC(C#N)(CCCSc1nc(C)cc(=O)[nH]1)NC(C)C. The summed E-state index contributed by atoms with van der Waals surface area (Å²) in [6, 6.07) is 4.18. The Balaban J connectivity index is 2.51. The Kier molecular flexibility index (Phi) is 6.93. The van der Waals surface area contributed by atoms with Gasteiger partial charge in [-0.3, -0.25) is 10.1 Å². The molecule has 0 aliphatic heterocycles. The number of rotatable bonds is 8. The molecule has 5 nitrogen and oxygen atoms in total. The number of thioether (sulfide) groups is 1. The minimum atomic E-state index is -0.456. The highest BCUT2D eigenvalue weighted by Gasteiger charge is 2.27. The molecule has 0 spiro atoms. The maximum Gasteiger partial charge on any atom is 0.251 e. The molecule has 0 aliphatic rings. The van der Waals surface area contributed by atoms with Crippen LogP contribution in [-0.2, 0) is 0 Å². The molecule has 0 saturated heterocycles. The zero-order valence-electron chi connectivity index (χ0n) is 13.2. The third-order valence-corrected chi connectivity index (χ3v) is 4.18. The topological polar surface area (TPSA) is 81.6 Å². The lowest BCUT2D eigenvalue weighted by atomic mass is 9.91. The first-order chi connectivity index (χ1) is 9.90. The van der Waals surface area contributed by atoms with E-state index in [1.165, 1.54) is 17.8 Å². The molecule has 0 fully saturated rings. The molecule has 1 rings (SSSR count). The normalized spacial score (nSPS) is 13.9. The summed E-state index contributed by atoms with van der Waals surface area (Å²) in [7, 11) is 0. The molecule has 0 amide bonds. The van der Waals surface area contributed by atoms with Crippen LogP contribution in [-0.4, -0.2) is 27.3 Å². The number of aromatic amines is 1. The van der Waals surface area contributed by atoms with Crippen LogP contribution in [0.25, 0.3) is 0 Å². The molecule has 0 aromatic carbocycles. The fourth-order valence-electron chi connectivity index (χ4n) is 2.23. The first kappa shape index (κ1) is 17.7. The van der Waals surface area contributed by atoms with E-state index in [2.05, 4.69) is 35.2 Å². The predicted molar refractivity (Wildman–Crippen MR) is 86.5 cm³/mol. The molecule has 1 atom stereocenters. The van der Waals surface area contributed by atoms with Crippen molar-refractivity contribution in [3.8, 4) is 6.07 Å². The van der Waals surface area contributed by atoms with Gasteiger partial charge in [0.05, 0.1) is 6.07 Å². The monoisotopic (exact) mass is 308 g/mol. The van der Waals surface area contributed by atoms with E-state index in [4.69, 9.17) is 0 Å². The second kappa shape index (κ2) is 8.20. The van der Waals surface area contributed by atoms with Gasteiger partial charge in [-0.15, -0.1) is 0 Å². The Labute approximate surface area is 130 Å². The molecule has 0 saturated carbocycles. The second-order valence-electron chi connectivity index (χ2n) is 5.49. The van der Waals surface area contributed by atoms with E-state index in [9.17, 15) is 10.1 Å². The summed E-state index contributed by atoms with van der Waals surface area (Å²) >= 11 is 1.53. The lowest BCUT2D eigenvalue weighted by Gasteiger charge is -2.29. The van der Waals surface area contributed by atoms with Gasteiger partial charge in [0.25, 0.3) is 5.56 Å². The van der Waals surface area contributed by atoms with Crippen molar-refractivity contribution in [2.24, 2.45) is 0 Å². The van der Waals surface area contributed by atoms with Gasteiger partial charge >= 0.3 is 0 Å². The Morgan fingerprint density at radius 2 is 2.29 bits per heavy atom. The average Bonchev–Trinajstić information content (AvgIpc) is 2.41. The molecular weight excluding hydrogens is 284 g/mol. The van der Waals surface area contributed by atoms with Gasteiger partial charge in [-0.1, -0.05) is 18.7 Å². The highest BCUT2D eigenvalue weighted by Crippen LogP contribution is 2.21. The molecule has 1 aromatic rings. The molecule has 0 radical (unpaired) electrons. The number of H-pyrrole nitrogens is 1. The summed E-state index contributed by atoms with van der Waals surface area (Å²) in [5, 5.41) is 13.5. The summed E-state index contributed by atoms with van der Waals surface area (Å²) in [4.78, 5) is 18.4. The van der Waals surface area contributed by atoms with Gasteiger partial charge in [-0.25, -0.2) is 4.98 Å². The van der Waals surface area contributed by atoms with Gasteiger partial charge in [0.2, 0.25) is 0 Å². The van der Waals surface area contributed by atoms with Crippen molar-refractivity contribution in [3.63, 3.8) is 0 Å². The van der Waals surface area contributed by atoms with Crippen molar-refractivity contribution in [3.05, 3.63) is 22.1 Å². The van der Waals surface area contributed by atoms with Crippen LogP contribution in [0.4, 0.5) is 0 Å². The van der Waals surface area contributed by atoms with Crippen LogP contribution < -0.4 is 10.9 Å². The fraction of sp³-hybridized carbons (Fsp3) is 0.667. The summed E-state index contributed by atoms with van der Waals surface area (Å²) in [5.74, 6) is 0.829. The van der Waals surface area contributed by atoms with E-state index in [0.717, 1.165) is 30.7 Å². The average molecular weight is 308 g/mol. The van der Waals surface area contributed by atoms with Crippen molar-refractivity contribution in [2.75, 3.05) is 5.75 Å². The molecule has 0 aliphatic carbocycles. The number of hydrogen-bond acceptors (Lipinski definition) is 5. The first-order valence-electron chi connectivity index (χ1n) is 7.30. The molecule has 116 valence electrons. The van der Waals surface area contributed by atoms with Gasteiger partial charge in [0, 0.05) is 23.6 Å². The van der Waals surface area contributed by atoms with Crippen LogP contribution in [0.3, 0.4) is 0 Å². The number of aromatic nitrogens is 2. The standard InChI is InChI=1S/C15H24N4OS/c1-5-15(10-16,19-11(2)3)7-6-8-21-14-17-12(4)9-13(20)18-14/h9,11,19H,5-8H2,1-4H3,(H,17,18,20).